The number of rotatable bonds is 4. The molecule has 0 saturated heterocycles. The molecule has 4 fully saturated rings. The van der Waals surface area contributed by atoms with Crippen LogP contribution in [-0.4, -0.2) is 31.6 Å². The monoisotopic (exact) mass is 222 g/mol. The summed E-state index contributed by atoms with van der Waals surface area (Å²) >= 11 is 0. The highest BCUT2D eigenvalue weighted by molar-refractivity contribution is 5.02. The van der Waals surface area contributed by atoms with Crippen molar-refractivity contribution in [2.75, 3.05) is 26.7 Å². The topological polar surface area (TPSA) is 29.3 Å². The highest BCUT2D eigenvalue weighted by atomic mass is 15.1. The van der Waals surface area contributed by atoms with Crippen LogP contribution in [0.4, 0.5) is 0 Å². The Hall–Kier alpha value is -0.0800. The fourth-order valence-electron chi connectivity index (χ4n) is 5.36. The molecule has 2 heteroatoms. The number of hydrogen-bond donors (Lipinski definition) is 1. The first-order chi connectivity index (χ1) is 7.69. The average molecular weight is 222 g/mol. The SMILES string of the molecule is CN(CCN)CC12CC3CC(CC(C3)C1)C2. The van der Waals surface area contributed by atoms with Crippen LogP contribution < -0.4 is 5.73 Å². The Morgan fingerprint density at radius 1 is 1.06 bits per heavy atom. The van der Waals surface area contributed by atoms with Crippen molar-refractivity contribution in [2.24, 2.45) is 28.9 Å². The molecule has 4 saturated carbocycles. The van der Waals surface area contributed by atoms with Gasteiger partial charge in [-0.05, 0) is 68.7 Å². The molecule has 0 amide bonds. The summed E-state index contributed by atoms with van der Waals surface area (Å²) < 4.78 is 0. The summed E-state index contributed by atoms with van der Waals surface area (Å²) in [5.74, 6) is 3.24. The van der Waals surface area contributed by atoms with Crippen LogP contribution in [0.2, 0.25) is 0 Å². The van der Waals surface area contributed by atoms with Crippen molar-refractivity contribution in [1.82, 2.24) is 4.90 Å². The number of nitrogens with zero attached hydrogens (tertiary/aromatic N) is 1. The zero-order valence-electron chi connectivity index (χ0n) is 10.6. The van der Waals surface area contributed by atoms with Crippen molar-refractivity contribution in [3.63, 3.8) is 0 Å². The first-order valence-electron chi connectivity index (χ1n) is 7.08. The van der Waals surface area contributed by atoms with Gasteiger partial charge in [0.2, 0.25) is 0 Å². The molecule has 0 unspecified atom stereocenters. The first kappa shape index (κ1) is 11.0. The van der Waals surface area contributed by atoms with E-state index in [0.717, 1.165) is 30.8 Å². The maximum absolute atomic E-state index is 5.65. The summed E-state index contributed by atoms with van der Waals surface area (Å²) in [7, 11) is 2.26. The second-order valence-corrected chi connectivity index (χ2v) is 6.94. The second kappa shape index (κ2) is 3.99. The Bertz CT molecular complexity index is 226. The van der Waals surface area contributed by atoms with Crippen molar-refractivity contribution in [3.05, 3.63) is 0 Å². The van der Waals surface area contributed by atoms with E-state index in [0.29, 0.717) is 5.41 Å². The lowest BCUT2D eigenvalue weighted by molar-refractivity contribution is -0.0657. The van der Waals surface area contributed by atoms with Gasteiger partial charge in [-0.15, -0.1) is 0 Å². The fourth-order valence-corrected chi connectivity index (χ4v) is 5.36. The molecule has 0 radical (unpaired) electrons. The fraction of sp³-hybridized carbons (Fsp3) is 1.00. The molecule has 16 heavy (non-hydrogen) atoms. The lowest BCUT2D eigenvalue weighted by Crippen LogP contribution is -2.51. The molecule has 4 rings (SSSR count). The van der Waals surface area contributed by atoms with Gasteiger partial charge in [0.1, 0.15) is 0 Å². The molecule has 0 aromatic rings. The Morgan fingerprint density at radius 2 is 1.56 bits per heavy atom. The third-order valence-corrected chi connectivity index (χ3v) is 5.28. The highest BCUT2D eigenvalue weighted by Crippen LogP contribution is 2.60. The molecule has 4 bridgehead atoms. The minimum Gasteiger partial charge on any atom is -0.329 e. The van der Waals surface area contributed by atoms with Crippen molar-refractivity contribution in [2.45, 2.75) is 38.5 Å². The molecule has 2 N–H and O–H groups in total. The van der Waals surface area contributed by atoms with Gasteiger partial charge in [0.15, 0.2) is 0 Å². The van der Waals surface area contributed by atoms with Gasteiger partial charge in [0.25, 0.3) is 0 Å². The van der Waals surface area contributed by atoms with Gasteiger partial charge in [0.05, 0.1) is 0 Å². The molecule has 2 nitrogen and oxygen atoms in total. The van der Waals surface area contributed by atoms with Crippen LogP contribution in [0.15, 0.2) is 0 Å². The van der Waals surface area contributed by atoms with Crippen molar-refractivity contribution < 1.29 is 0 Å². The van der Waals surface area contributed by atoms with Gasteiger partial charge in [-0.25, -0.2) is 0 Å². The Labute approximate surface area is 99.6 Å². The van der Waals surface area contributed by atoms with E-state index in [4.69, 9.17) is 5.73 Å². The van der Waals surface area contributed by atoms with Gasteiger partial charge < -0.3 is 10.6 Å². The van der Waals surface area contributed by atoms with E-state index in [9.17, 15) is 0 Å². The quantitative estimate of drug-likeness (QED) is 0.789. The molecule has 0 heterocycles. The summed E-state index contributed by atoms with van der Waals surface area (Å²) in [6, 6.07) is 0. The maximum atomic E-state index is 5.65. The Morgan fingerprint density at radius 3 is 2.00 bits per heavy atom. The van der Waals surface area contributed by atoms with Crippen LogP contribution in [0, 0.1) is 23.2 Å². The normalized spacial score (nSPS) is 45.6. The largest absolute Gasteiger partial charge is 0.329 e. The third kappa shape index (κ3) is 1.91. The minimum atomic E-state index is 0.693. The lowest BCUT2D eigenvalue weighted by Gasteiger charge is -2.57. The van der Waals surface area contributed by atoms with Gasteiger partial charge in [-0.3, -0.25) is 0 Å². The minimum absolute atomic E-state index is 0.693. The predicted octanol–water partition coefficient (Wildman–Crippen LogP) is 2.09. The summed E-state index contributed by atoms with van der Waals surface area (Å²) in [6.45, 7) is 3.19. The number of nitrogens with two attached hydrogens (primary N) is 1. The van der Waals surface area contributed by atoms with E-state index < -0.39 is 0 Å². The van der Waals surface area contributed by atoms with Crippen LogP contribution in [0.1, 0.15) is 38.5 Å². The third-order valence-electron chi connectivity index (χ3n) is 5.28. The Balaban J connectivity index is 1.68. The van der Waals surface area contributed by atoms with Crippen molar-refractivity contribution in [3.8, 4) is 0 Å². The lowest BCUT2D eigenvalue weighted by atomic mass is 9.49. The summed E-state index contributed by atoms with van der Waals surface area (Å²) in [4.78, 5) is 2.48. The zero-order chi connectivity index (χ0) is 11.2. The summed E-state index contributed by atoms with van der Waals surface area (Å²) in [5.41, 5.74) is 6.35. The smallest absolute Gasteiger partial charge is 0.0102 e. The summed E-state index contributed by atoms with van der Waals surface area (Å²) in [6.07, 6.45) is 9.23. The molecule has 4 aliphatic rings. The average Bonchev–Trinajstić information content (AvgIpc) is 2.13. The molecule has 92 valence electrons. The van der Waals surface area contributed by atoms with Crippen LogP contribution in [-0.2, 0) is 0 Å². The highest BCUT2D eigenvalue weighted by Gasteiger charge is 2.50. The van der Waals surface area contributed by atoms with Gasteiger partial charge in [-0.2, -0.15) is 0 Å². The molecule has 0 aliphatic heterocycles. The summed E-state index contributed by atoms with van der Waals surface area (Å²) in [5, 5.41) is 0. The Kier molecular flexibility index (Phi) is 2.75. The molecular formula is C14H26N2. The van der Waals surface area contributed by atoms with Gasteiger partial charge in [0, 0.05) is 19.6 Å². The van der Waals surface area contributed by atoms with Crippen molar-refractivity contribution >= 4 is 0 Å². The predicted molar refractivity (Wildman–Crippen MR) is 67.2 cm³/mol. The van der Waals surface area contributed by atoms with Gasteiger partial charge in [-0.1, -0.05) is 0 Å². The zero-order valence-corrected chi connectivity index (χ0v) is 10.6. The van der Waals surface area contributed by atoms with E-state index in [1.807, 2.05) is 0 Å². The maximum Gasteiger partial charge on any atom is 0.0102 e. The molecule has 0 spiro atoms. The van der Waals surface area contributed by atoms with Crippen LogP contribution in [0.5, 0.6) is 0 Å². The van der Waals surface area contributed by atoms with Crippen LogP contribution in [0.3, 0.4) is 0 Å². The molecular weight excluding hydrogens is 196 g/mol. The standard InChI is InChI=1S/C14H26N2/c1-16(3-2-15)10-14-7-11-4-12(8-14)6-13(5-11)9-14/h11-13H,2-10,15H2,1H3. The number of hydrogen-bond acceptors (Lipinski definition) is 2. The van der Waals surface area contributed by atoms with Crippen LogP contribution in [0.25, 0.3) is 0 Å². The first-order valence-corrected chi connectivity index (χ1v) is 7.08. The molecule has 0 atom stereocenters. The van der Waals surface area contributed by atoms with Gasteiger partial charge >= 0.3 is 0 Å². The van der Waals surface area contributed by atoms with E-state index >= 15 is 0 Å². The molecule has 0 aromatic heterocycles. The molecule has 0 aromatic carbocycles. The van der Waals surface area contributed by atoms with Crippen LogP contribution >= 0.6 is 0 Å². The number of likely N-dealkylation sites (N-methyl/N-ethyl adjacent to an activating group) is 1. The van der Waals surface area contributed by atoms with E-state index in [-0.39, 0.29) is 0 Å². The second-order valence-electron chi connectivity index (χ2n) is 6.94. The van der Waals surface area contributed by atoms with Crippen molar-refractivity contribution in [1.29, 1.82) is 0 Å². The van der Waals surface area contributed by atoms with E-state index in [2.05, 4.69) is 11.9 Å². The molecule has 4 aliphatic carbocycles. The van der Waals surface area contributed by atoms with E-state index in [1.165, 1.54) is 25.8 Å². The van der Waals surface area contributed by atoms with E-state index in [1.54, 1.807) is 19.3 Å².